The first-order valence-electron chi connectivity index (χ1n) is 8.60. The van der Waals surface area contributed by atoms with Crippen LogP contribution in [0.3, 0.4) is 0 Å². The van der Waals surface area contributed by atoms with Crippen molar-refractivity contribution in [2.75, 3.05) is 12.9 Å². The van der Waals surface area contributed by atoms with Crippen molar-refractivity contribution in [3.8, 4) is 22.9 Å². The van der Waals surface area contributed by atoms with Crippen LogP contribution in [0.15, 0.2) is 70.9 Å². The lowest BCUT2D eigenvalue weighted by Crippen LogP contribution is -2.10. The van der Waals surface area contributed by atoms with Crippen LogP contribution < -0.4 is 10.5 Å². The highest BCUT2D eigenvalue weighted by Crippen LogP contribution is 2.33. The number of ether oxygens (including phenoxy) is 1. The number of hydrogen-bond donors (Lipinski definition) is 1. The van der Waals surface area contributed by atoms with Gasteiger partial charge in [0.1, 0.15) is 17.4 Å². The van der Waals surface area contributed by atoms with E-state index in [9.17, 15) is 4.79 Å². The Balaban J connectivity index is 2.02. The van der Waals surface area contributed by atoms with Gasteiger partial charge in [-0.15, -0.1) is 0 Å². The number of nitriles is 1. The largest absolute Gasteiger partial charge is 0.497 e. The number of methoxy groups -OCH3 is 1. The van der Waals surface area contributed by atoms with Crippen LogP contribution in [-0.4, -0.2) is 23.6 Å². The molecule has 0 bridgehead atoms. The molecule has 0 amide bonds. The monoisotopic (exact) mass is 389 g/mol. The van der Waals surface area contributed by atoms with Crippen molar-refractivity contribution in [3.05, 3.63) is 65.9 Å². The zero-order valence-corrected chi connectivity index (χ0v) is 16.4. The zero-order chi connectivity index (χ0) is 20.1. The summed E-state index contributed by atoms with van der Waals surface area (Å²) in [5, 5.41) is 10.8. The van der Waals surface area contributed by atoms with E-state index >= 15 is 0 Å². The molecule has 0 spiro atoms. The second-order valence-corrected chi connectivity index (χ2v) is 7.13. The number of fused-ring (bicyclic) bond motifs is 1. The van der Waals surface area contributed by atoms with Crippen molar-refractivity contribution in [3.63, 3.8) is 0 Å². The lowest BCUT2D eigenvalue weighted by atomic mass is 10.0. The minimum atomic E-state index is -0.304. The highest BCUT2D eigenvalue weighted by Gasteiger charge is 2.14. The van der Waals surface area contributed by atoms with Gasteiger partial charge in [-0.05, 0) is 36.2 Å². The Bertz CT molecular complexity index is 1100. The lowest BCUT2D eigenvalue weighted by molar-refractivity contribution is -0.112. The van der Waals surface area contributed by atoms with Gasteiger partial charge < -0.3 is 10.5 Å². The average molecular weight is 389 g/mol. The molecule has 6 heteroatoms. The number of aromatic nitrogens is 1. The van der Waals surface area contributed by atoms with Crippen LogP contribution in [-0.2, 0) is 4.79 Å². The second kappa shape index (κ2) is 8.59. The number of benzene rings is 2. The normalized spacial score (nSPS) is 11.6. The Morgan fingerprint density at radius 1 is 1.21 bits per heavy atom. The van der Waals surface area contributed by atoms with Crippen LogP contribution in [0.1, 0.15) is 6.92 Å². The summed E-state index contributed by atoms with van der Waals surface area (Å²) in [6.07, 6.45) is 0. The Hall–Kier alpha value is -3.30. The van der Waals surface area contributed by atoms with Crippen molar-refractivity contribution < 1.29 is 9.53 Å². The molecule has 0 atom stereocenters. The van der Waals surface area contributed by atoms with Crippen LogP contribution in [0.2, 0.25) is 0 Å². The van der Waals surface area contributed by atoms with Gasteiger partial charge in [0, 0.05) is 17.1 Å². The third kappa shape index (κ3) is 4.16. The molecule has 3 aromatic rings. The number of carbonyl (C=O) groups is 1. The maximum Gasteiger partial charge on any atom is 0.185 e. The molecule has 1 aromatic heterocycles. The number of ketones is 1. The SMILES string of the molecule is COc1ccc2c(-c3ccccc3)cc(SCC(=O)C(C#N)=C(C)N)nc2c1. The van der Waals surface area contributed by atoms with Gasteiger partial charge >= 0.3 is 0 Å². The first-order valence-corrected chi connectivity index (χ1v) is 9.58. The van der Waals surface area contributed by atoms with Crippen molar-refractivity contribution in [1.29, 1.82) is 5.26 Å². The van der Waals surface area contributed by atoms with Gasteiger partial charge in [-0.2, -0.15) is 5.26 Å². The van der Waals surface area contributed by atoms with Crippen LogP contribution in [0.4, 0.5) is 0 Å². The van der Waals surface area contributed by atoms with E-state index in [-0.39, 0.29) is 22.8 Å². The third-order valence-electron chi connectivity index (χ3n) is 4.21. The first-order chi connectivity index (χ1) is 13.5. The molecule has 0 unspecified atom stereocenters. The topological polar surface area (TPSA) is 89.0 Å². The molecule has 0 fully saturated rings. The molecule has 0 aliphatic carbocycles. The smallest absolute Gasteiger partial charge is 0.185 e. The predicted molar refractivity (Wildman–Crippen MR) is 112 cm³/mol. The molecule has 5 nitrogen and oxygen atoms in total. The van der Waals surface area contributed by atoms with Crippen LogP contribution in [0.25, 0.3) is 22.0 Å². The Labute approximate surface area is 167 Å². The maximum absolute atomic E-state index is 12.3. The molecule has 0 aliphatic heterocycles. The summed E-state index contributed by atoms with van der Waals surface area (Å²) in [6.45, 7) is 1.55. The maximum atomic E-state index is 12.3. The summed E-state index contributed by atoms with van der Waals surface area (Å²) in [5.41, 5.74) is 8.71. The predicted octanol–water partition coefficient (Wildman–Crippen LogP) is 4.33. The van der Waals surface area contributed by atoms with Gasteiger partial charge in [-0.3, -0.25) is 4.79 Å². The third-order valence-corrected chi connectivity index (χ3v) is 5.13. The minimum Gasteiger partial charge on any atom is -0.497 e. The van der Waals surface area contributed by atoms with Gasteiger partial charge in [0.05, 0.1) is 23.4 Å². The molecular weight excluding hydrogens is 370 g/mol. The number of hydrogen-bond acceptors (Lipinski definition) is 6. The molecule has 3 rings (SSSR count). The number of pyridine rings is 1. The fourth-order valence-electron chi connectivity index (χ4n) is 2.82. The molecule has 0 saturated carbocycles. The molecule has 28 heavy (non-hydrogen) atoms. The van der Waals surface area contributed by atoms with Gasteiger partial charge in [-0.25, -0.2) is 4.98 Å². The molecule has 0 aliphatic rings. The molecule has 2 N–H and O–H groups in total. The summed E-state index contributed by atoms with van der Waals surface area (Å²) < 4.78 is 5.32. The van der Waals surface area contributed by atoms with E-state index in [0.717, 1.165) is 22.0 Å². The summed E-state index contributed by atoms with van der Waals surface area (Å²) >= 11 is 1.28. The van der Waals surface area contributed by atoms with Crippen molar-refractivity contribution in [1.82, 2.24) is 4.98 Å². The Morgan fingerprint density at radius 3 is 2.61 bits per heavy atom. The van der Waals surface area contributed by atoms with Gasteiger partial charge in [0.2, 0.25) is 0 Å². The lowest BCUT2D eigenvalue weighted by Gasteiger charge is -2.11. The number of Topliss-reactive ketones (excluding diaryl/α,β-unsaturated/α-hetero) is 1. The number of thioether (sulfide) groups is 1. The van der Waals surface area contributed by atoms with E-state index in [0.29, 0.717) is 10.8 Å². The fraction of sp³-hybridized carbons (Fsp3) is 0.136. The van der Waals surface area contributed by atoms with Gasteiger partial charge in [0.25, 0.3) is 0 Å². The number of rotatable bonds is 6. The average Bonchev–Trinajstić information content (AvgIpc) is 2.72. The summed E-state index contributed by atoms with van der Waals surface area (Å²) in [4.78, 5) is 17.0. The van der Waals surface area contributed by atoms with E-state index in [4.69, 9.17) is 15.7 Å². The van der Waals surface area contributed by atoms with Crippen molar-refractivity contribution in [2.24, 2.45) is 5.73 Å². The first kappa shape index (κ1) is 19.5. The van der Waals surface area contributed by atoms with E-state index in [1.807, 2.05) is 60.7 Å². The van der Waals surface area contributed by atoms with Gasteiger partial charge in [-0.1, -0.05) is 42.1 Å². The Kier molecular flexibility index (Phi) is 5.97. The Morgan fingerprint density at radius 2 is 1.96 bits per heavy atom. The summed E-state index contributed by atoms with van der Waals surface area (Å²) in [5.74, 6) is 0.501. The summed E-state index contributed by atoms with van der Waals surface area (Å²) in [7, 11) is 1.61. The standard InChI is InChI=1S/C22H19N3O2S/c1-14(24)19(12-23)21(26)13-28-22-11-18(15-6-4-3-5-7-15)17-9-8-16(27-2)10-20(17)25-22/h3-11H,13,24H2,1-2H3. The number of carbonyl (C=O) groups excluding carboxylic acids is 1. The number of nitrogens with zero attached hydrogens (tertiary/aromatic N) is 2. The van der Waals surface area contributed by atoms with Crippen molar-refractivity contribution in [2.45, 2.75) is 11.9 Å². The molecule has 0 radical (unpaired) electrons. The molecular formula is C22H19N3O2S. The van der Waals surface area contributed by atoms with Crippen molar-refractivity contribution >= 4 is 28.4 Å². The molecule has 1 heterocycles. The number of nitrogens with two attached hydrogens (primary N) is 1. The molecule has 0 saturated heterocycles. The minimum absolute atomic E-state index is 0.00163. The summed E-state index contributed by atoms with van der Waals surface area (Å²) in [6, 6.07) is 19.6. The fourth-order valence-corrected chi connectivity index (χ4v) is 3.61. The second-order valence-electron chi connectivity index (χ2n) is 6.14. The van der Waals surface area contributed by atoms with E-state index in [2.05, 4.69) is 4.98 Å². The quantitative estimate of drug-likeness (QED) is 0.383. The number of allylic oxidation sites excluding steroid dienone is 2. The van der Waals surface area contributed by atoms with Crippen LogP contribution >= 0.6 is 11.8 Å². The molecule has 140 valence electrons. The van der Waals surface area contributed by atoms with Crippen LogP contribution in [0, 0.1) is 11.3 Å². The van der Waals surface area contributed by atoms with E-state index < -0.39 is 0 Å². The van der Waals surface area contributed by atoms with E-state index in [1.54, 1.807) is 14.0 Å². The zero-order valence-electron chi connectivity index (χ0n) is 15.6. The van der Waals surface area contributed by atoms with Gasteiger partial charge in [0.15, 0.2) is 5.78 Å². The highest BCUT2D eigenvalue weighted by molar-refractivity contribution is 7.99. The highest BCUT2D eigenvalue weighted by atomic mass is 32.2. The van der Waals surface area contributed by atoms with Crippen LogP contribution in [0.5, 0.6) is 5.75 Å². The van der Waals surface area contributed by atoms with E-state index in [1.165, 1.54) is 11.8 Å². The molecule has 2 aromatic carbocycles.